The van der Waals surface area contributed by atoms with Crippen LogP contribution >= 0.6 is 7.82 Å². The molecular weight excluding hydrogens is 741 g/mol. The lowest BCUT2D eigenvalue weighted by atomic mass is 10.1. The zero-order chi connectivity index (χ0) is 42.3. The Balaban J connectivity index is 4.52. The second-order valence-electron chi connectivity index (χ2n) is 15.6. The first-order valence-corrected chi connectivity index (χ1v) is 23.2. The highest BCUT2D eigenvalue weighted by Crippen LogP contribution is 2.43. The molecule has 0 aliphatic rings. The van der Waals surface area contributed by atoms with Gasteiger partial charge in [0.2, 0.25) is 0 Å². The van der Waals surface area contributed by atoms with Gasteiger partial charge in [0.1, 0.15) is 19.8 Å². The number of hydrogen-bond donors (Lipinski definition) is 2. The van der Waals surface area contributed by atoms with E-state index in [2.05, 4.69) is 74.6 Å². The smallest absolute Gasteiger partial charge is 0.462 e. The molecule has 0 heterocycles. The van der Waals surface area contributed by atoms with Crippen LogP contribution in [-0.2, 0) is 32.7 Å². The number of aliphatic hydroxyl groups is 1. The van der Waals surface area contributed by atoms with E-state index in [9.17, 15) is 24.2 Å². The molecule has 0 fully saturated rings. The summed E-state index contributed by atoms with van der Waals surface area (Å²) in [6, 6.07) is 0. The molecule has 10 nitrogen and oxygen atoms in total. The van der Waals surface area contributed by atoms with Crippen LogP contribution in [0.25, 0.3) is 0 Å². The van der Waals surface area contributed by atoms with Crippen molar-refractivity contribution in [2.75, 3.05) is 47.5 Å². The van der Waals surface area contributed by atoms with Gasteiger partial charge >= 0.3 is 19.8 Å². The minimum Gasteiger partial charge on any atom is -0.462 e. The highest BCUT2D eigenvalue weighted by Gasteiger charge is 2.27. The maximum atomic E-state index is 12.7. The first-order valence-electron chi connectivity index (χ1n) is 21.7. The average Bonchev–Trinajstić information content (AvgIpc) is 3.15. The molecule has 0 bridgehead atoms. The van der Waals surface area contributed by atoms with E-state index < -0.39 is 32.5 Å². The number of carbonyl (C=O) groups excluding carboxylic acids is 2. The molecular formula is C46H81NO9P+. The van der Waals surface area contributed by atoms with Crippen LogP contribution in [0, 0.1) is 0 Å². The largest absolute Gasteiger partial charge is 0.472 e. The number of carbonyl (C=O) groups is 2. The molecule has 0 amide bonds. The molecule has 0 aromatic rings. The Morgan fingerprint density at radius 3 is 1.70 bits per heavy atom. The summed E-state index contributed by atoms with van der Waals surface area (Å²) in [6.07, 6.45) is 43.0. The molecule has 328 valence electrons. The number of aliphatic hydroxyl groups excluding tert-OH is 1. The second kappa shape index (κ2) is 37.7. The summed E-state index contributed by atoms with van der Waals surface area (Å²) in [5.74, 6) is -0.908. The van der Waals surface area contributed by atoms with E-state index >= 15 is 0 Å². The summed E-state index contributed by atoms with van der Waals surface area (Å²) in [7, 11) is 1.40. The number of rotatable bonds is 38. The van der Waals surface area contributed by atoms with Crippen molar-refractivity contribution in [1.29, 1.82) is 0 Å². The number of quaternary nitrogens is 1. The standard InChI is InChI=1S/C46H80NO9P/c1-6-8-9-10-11-12-13-14-15-18-22-25-28-31-34-38-46(50)56-44(42-55-57(51,52)54-40-39-47(3,4)5)41-53-45(49)37-33-30-27-24-21-19-16-17-20-23-26-29-32-36-43(48)35-7-2/h11-12,14-16,19-20,23-24,27,29,32,43-44,48H,6-10,13,17-18,21-22,25-26,28,30-31,33-42H2,1-5H3/p+1/b12-11-,15-14-,19-16-,23-20-,27-24-,32-29-/t43?,44-/m1/s1. The Bertz CT molecular complexity index is 1220. The number of allylic oxidation sites excluding steroid dienone is 11. The lowest BCUT2D eigenvalue weighted by Gasteiger charge is -2.24. The topological polar surface area (TPSA) is 129 Å². The highest BCUT2D eigenvalue weighted by molar-refractivity contribution is 7.47. The van der Waals surface area contributed by atoms with Crippen LogP contribution in [0.15, 0.2) is 72.9 Å². The number of unbranched alkanes of at least 4 members (excludes halogenated alkanes) is 9. The SMILES string of the molecule is CCCCC/C=C\C/C=C\CCCCCCCC(=O)O[C@H](COC(=O)CCC/C=C\C/C=C\C/C=C\C/C=C\CC(O)CCC)COP(=O)(O)OCC[N+](C)(C)C. The second-order valence-corrected chi connectivity index (χ2v) is 17.0. The van der Waals surface area contributed by atoms with E-state index in [1.165, 1.54) is 25.7 Å². The van der Waals surface area contributed by atoms with Gasteiger partial charge in [-0.2, -0.15) is 0 Å². The van der Waals surface area contributed by atoms with Gasteiger partial charge in [0.15, 0.2) is 6.10 Å². The van der Waals surface area contributed by atoms with Gasteiger partial charge in [-0.05, 0) is 83.5 Å². The summed E-state index contributed by atoms with van der Waals surface area (Å²) in [5.41, 5.74) is 0. The van der Waals surface area contributed by atoms with Gasteiger partial charge in [-0.3, -0.25) is 18.6 Å². The van der Waals surface area contributed by atoms with Gasteiger partial charge in [-0.25, -0.2) is 4.57 Å². The van der Waals surface area contributed by atoms with E-state index in [1.54, 1.807) is 0 Å². The summed E-state index contributed by atoms with van der Waals surface area (Å²) in [4.78, 5) is 35.3. The van der Waals surface area contributed by atoms with E-state index in [1.807, 2.05) is 33.3 Å². The molecule has 0 aromatic carbocycles. The van der Waals surface area contributed by atoms with Gasteiger partial charge < -0.3 is 24.0 Å². The quantitative estimate of drug-likeness (QED) is 0.0206. The number of phosphoric acid groups is 1. The van der Waals surface area contributed by atoms with Crippen molar-refractivity contribution in [3.8, 4) is 0 Å². The number of likely N-dealkylation sites (N-methyl/N-ethyl adjacent to an activating group) is 1. The van der Waals surface area contributed by atoms with Gasteiger partial charge in [0, 0.05) is 12.8 Å². The molecule has 0 aromatic heterocycles. The highest BCUT2D eigenvalue weighted by atomic mass is 31.2. The first-order chi connectivity index (χ1) is 27.4. The third-order valence-electron chi connectivity index (χ3n) is 8.76. The van der Waals surface area contributed by atoms with Gasteiger partial charge in [-0.15, -0.1) is 0 Å². The minimum absolute atomic E-state index is 0.0105. The molecule has 0 aliphatic carbocycles. The molecule has 0 saturated heterocycles. The fourth-order valence-corrected chi connectivity index (χ4v) is 6.09. The summed E-state index contributed by atoms with van der Waals surface area (Å²) in [6.45, 7) is 4.08. The summed E-state index contributed by atoms with van der Waals surface area (Å²) in [5, 5.41) is 9.73. The van der Waals surface area contributed by atoms with E-state index in [-0.39, 0.29) is 32.2 Å². The molecule has 57 heavy (non-hydrogen) atoms. The van der Waals surface area contributed by atoms with Crippen LogP contribution in [0.3, 0.4) is 0 Å². The van der Waals surface area contributed by atoms with Crippen molar-refractivity contribution in [2.24, 2.45) is 0 Å². The minimum atomic E-state index is -4.40. The van der Waals surface area contributed by atoms with Gasteiger partial charge in [0.25, 0.3) is 0 Å². The van der Waals surface area contributed by atoms with Crippen molar-refractivity contribution in [3.63, 3.8) is 0 Å². The Labute approximate surface area is 347 Å². The van der Waals surface area contributed by atoms with Crippen molar-refractivity contribution >= 4 is 19.8 Å². The molecule has 3 atom stereocenters. The van der Waals surface area contributed by atoms with Gasteiger partial charge in [-0.1, -0.05) is 125 Å². The number of esters is 2. The fraction of sp³-hybridized carbons (Fsp3) is 0.696. The summed E-state index contributed by atoms with van der Waals surface area (Å²) >= 11 is 0. The van der Waals surface area contributed by atoms with E-state index in [0.29, 0.717) is 30.3 Å². The number of nitrogens with zero attached hydrogens (tertiary/aromatic N) is 1. The predicted molar refractivity (Wildman–Crippen MR) is 235 cm³/mol. The van der Waals surface area contributed by atoms with Crippen LogP contribution in [0.1, 0.15) is 149 Å². The van der Waals surface area contributed by atoms with E-state index in [4.69, 9.17) is 18.5 Å². The lowest BCUT2D eigenvalue weighted by molar-refractivity contribution is -0.870. The van der Waals surface area contributed by atoms with Crippen molar-refractivity contribution in [3.05, 3.63) is 72.9 Å². The maximum absolute atomic E-state index is 12.7. The molecule has 0 rings (SSSR count). The zero-order valence-corrected chi connectivity index (χ0v) is 37.3. The van der Waals surface area contributed by atoms with E-state index in [0.717, 1.165) is 77.0 Å². The number of ether oxygens (including phenoxy) is 2. The van der Waals surface area contributed by atoms with Crippen LogP contribution in [0.4, 0.5) is 0 Å². The molecule has 2 unspecified atom stereocenters. The predicted octanol–water partition coefficient (Wildman–Crippen LogP) is 11.2. The molecule has 2 N–H and O–H groups in total. The first kappa shape index (κ1) is 54.4. The molecule has 0 radical (unpaired) electrons. The van der Waals surface area contributed by atoms with Crippen LogP contribution in [-0.4, -0.2) is 86.1 Å². The Morgan fingerprint density at radius 1 is 0.614 bits per heavy atom. The number of phosphoric ester groups is 1. The fourth-order valence-electron chi connectivity index (χ4n) is 5.34. The monoisotopic (exact) mass is 823 g/mol. The van der Waals surface area contributed by atoms with Crippen LogP contribution < -0.4 is 0 Å². The van der Waals surface area contributed by atoms with Crippen LogP contribution in [0.2, 0.25) is 0 Å². The summed E-state index contributed by atoms with van der Waals surface area (Å²) < 4.78 is 34.2. The zero-order valence-electron chi connectivity index (χ0n) is 36.4. The molecule has 0 saturated carbocycles. The Morgan fingerprint density at radius 2 is 1.12 bits per heavy atom. The van der Waals surface area contributed by atoms with Crippen LogP contribution in [0.5, 0.6) is 0 Å². The van der Waals surface area contributed by atoms with Crippen molar-refractivity contribution in [1.82, 2.24) is 0 Å². The Hall–Kier alpha value is -2.59. The molecule has 11 heteroatoms. The van der Waals surface area contributed by atoms with Crippen molar-refractivity contribution < 1.29 is 47.2 Å². The molecule has 0 aliphatic heterocycles. The average molecular weight is 823 g/mol. The Kier molecular flexibility index (Phi) is 36.0. The third kappa shape index (κ3) is 41.4. The maximum Gasteiger partial charge on any atom is 0.472 e. The number of hydrogen-bond acceptors (Lipinski definition) is 8. The third-order valence-corrected chi connectivity index (χ3v) is 9.75. The lowest BCUT2D eigenvalue weighted by Crippen LogP contribution is -2.37. The molecule has 0 spiro atoms. The van der Waals surface area contributed by atoms with Gasteiger partial charge in [0.05, 0.1) is 33.9 Å². The van der Waals surface area contributed by atoms with Crippen molar-refractivity contribution in [2.45, 2.75) is 161 Å². The normalized spacial score (nSPS) is 14.9.